The molecule has 1 heterocycles. The number of halogens is 1. The number of benzene rings is 1. The van der Waals surface area contributed by atoms with Crippen LogP contribution < -0.4 is 5.32 Å². The van der Waals surface area contributed by atoms with Crippen LogP contribution >= 0.6 is 0 Å². The van der Waals surface area contributed by atoms with Gasteiger partial charge in [0.25, 0.3) is 0 Å². The number of nitrogens with zero attached hydrogens (tertiary/aromatic N) is 3. The fourth-order valence-corrected chi connectivity index (χ4v) is 1.65. The van der Waals surface area contributed by atoms with Gasteiger partial charge in [0.1, 0.15) is 11.6 Å². The molecule has 0 saturated carbocycles. The molecular formula is C12H15FN4. The van der Waals surface area contributed by atoms with E-state index in [1.807, 2.05) is 14.1 Å². The molecule has 0 unspecified atom stereocenters. The summed E-state index contributed by atoms with van der Waals surface area (Å²) in [5, 5.41) is 7.29. The lowest BCUT2D eigenvalue weighted by Gasteiger charge is -2.00. The first-order valence-electron chi connectivity index (χ1n) is 5.47. The first kappa shape index (κ1) is 11.7. The van der Waals surface area contributed by atoms with E-state index in [2.05, 4.69) is 15.4 Å². The second-order valence-electron chi connectivity index (χ2n) is 3.90. The number of rotatable bonds is 4. The van der Waals surface area contributed by atoms with Crippen LogP contribution in [0.25, 0.3) is 0 Å². The molecule has 0 aliphatic carbocycles. The van der Waals surface area contributed by atoms with Crippen molar-refractivity contribution in [3.8, 4) is 0 Å². The number of nitrogens with one attached hydrogen (secondary N) is 1. The molecule has 0 atom stereocenters. The van der Waals surface area contributed by atoms with Gasteiger partial charge in [-0.15, -0.1) is 0 Å². The molecule has 0 saturated heterocycles. The monoisotopic (exact) mass is 234 g/mol. The molecule has 5 heteroatoms. The van der Waals surface area contributed by atoms with Crippen LogP contribution in [0, 0.1) is 5.82 Å². The number of hydrogen-bond acceptors (Lipinski definition) is 3. The number of aromatic nitrogens is 3. The molecule has 1 aromatic heterocycles. The van der Waals surface area contributed by atoms with Crippen LogP contribution in [0.2, 0.25) is 0 Å². The zero-order valence-corrected chi connectivity index (χ0v) is 9.94. The molecule has 90 valence electrons. The van der Waals surface area contributed by atoms with Gasteiger partial charge in [-0.25, -0.2) is 9.37 Å². The molecule has 0 radical (unpaired) electrons. The van der Waals surface area contributed by atoms with Crippen molar-refractivity contribution in [3.05, 3.63) is 47.3 Å². The Labute approximate surface area is 99.5 Å². The zero-order valence-electron chi connectivity index (χ0n) is 9.94. The fourth-order valence-electron chi connectivity index (χ4n) is 1.65. The lowest BCUT2D eigenvalue weighted by atomic mass is 10.1. The van der Waals surface area contributed by atoms with Gasteiger partial charge in [0.05, 0.1) is 6.54 Å². The van der Waals surface area contributed by atoms with Gasteiger partial charge in [0.15, 0.2) is 5.82 Å². The summed E-state index contributed by atoms with van der Waals surface area (Å²) < 4.78 is 14.5. The molecule has 0 amide bonds. The molecule has 0 spiro atoms. The van der Waals surface area contributed by atoms with Gasteiger partial charge in [-0.1, -0.05) is 12.1 Å². The lowest BCUT2D eigenvalue weighted by Crippen LogP contribution is -2.06. The second kappa shape index (κ2) is 5.05. The third kappa shape index (κ3) is 2.88. The van der Waals surface area contributed by atoms with E-state index in [1.54, 1.807) is 16.8 Å². The minimum absolute atomic E-state index is 0.220. The molecule has 0 aliphatic rings. The maximum atomic E-state index is 12.8. The van der Waals surface area contributed by atoms with Gasteiger partial charge in [-0.05, 0) is 24.7 Å². The second-order valence-corrected chi connectivity index (χ2v) is 3.90. The highest BCUT2D eigenvalue weighted by Crippen LogP contribution is 2.08. The van der Waals surface area contributed by atoms with Crippen molar-refractivity contribution in [2.75, 3.05) is 7.05 Å². The van der Waals surface area contributed by atoms with E-state index in [0.717, 1.165) is 17.2 Å². The van der Waals surface area contributed by atoms with Crippen molar-refractivity contribution < 1.29 is 4.39 Å². The van der Waals surface area contributed by atoms with Crippen molar-refractivity contribution >= 4 is 0 Å². The van der Waals surface area contributed by atoms with E-state index < -0.39 is 0 Å². The van der Waals surface area contributed by atoms with Crippen LogP contribution in [0.15, 0.2) is 24.3 Å². The summed E-state index contributed by atoms with van der Waals surface area (Å²) in [4.78, 5) is 4.41. The largest absolute Gasteiger partial charge is 0.313 e. The maximum absolute atomic E-state index is 12.8. The van der Waals surface area contributed by atoms with Crippen LogP contribution in [-0.2, 0) is 20.0 Å². The van der Waals surface area contributed by atoms with Crippen LogP contribution in [0.4, 0.5) is 4.39 Å². The molecule has 0 bridgehead atoms. The summed E-state index contributed by atoms with van der Waals surface area (Å²) >= 11 is 0. The third-order valence-corrected chi connectivity index (χ3v) is 2.51. The molecule has 1 aromatic carbocycles. The maximum Gasteiger partial charge on any atom is 0.164 e. The average molecular weight is 234 g/mol. The lowest BCUT2D eigenvalue weighted by molar-refractivity contribution is 0.627. The van der Waals surface area contributed by atoms with Crippen molar-refractivity contribution in [2.45, 2.75) is 13.0 Å². The quantitative estimate of drug-likeness (QED) is 0.866. The fraction of sp³-hybridized carbons (Fsp3) is 0.333. The van der Waals surface area contributed by atoms with Crippen molar-refractivity contribution in [1.82, 2.24) is 20.1 Å². The molecule has 2 aromatic rings. The third-order valence-electron chi connectivity index (χ3n) is 2.51. The molecule has 1 N–H and O–H groups in total. The van der Waals surface area contributed by atoms with Crippen LogP contribution in [-0.4, -0.2) is 21.8 Å². The first-order valence-corrected chi connectivity index (χ1v) is 5.47. The van der Waals surface area contributed by atoms with E-state index >= 15 is 0 Å². The molecule has 2 rings (SSSR count). The SMILES string of the molecule is CNCc1nc(Cc2ccc(F)cc2)n(C)n1. The zero-order chi connectivity index (χ0) is 12.3. The summed E-state index contributed by atoms with van der Waals surface area (Å²) in [6, 6.07) is 6.45. The van der Waals surface area contributed by atoms with Crippen molar-refractivity contribution in [2.24, 2.45) is 7.05 Å². The van der Waals surface area contributed by atoms with Crippen LogP contribution in [0.5, 0.6) is 0 Å². The predicted molar refractivity (Wildman–Crippen MR) is 63.0 cm³/mol. The van der Waals surface area contributed by atoms with E-state index in [-0.39, 0.29) is 5.82 Å². The predicted octanol–water partition coefficient (Wildman–Crippen LogP) is 1.26. The van der Waals surface area contributed by atoms with Crippen LogP contribution in [0.1, 0.15) is 17.2 Å². The normalized spacial score (nSPS) is 10.8. The summed E-state index contributed by atoms with van der Waals surface area (Å²) in [7, 11) is 3.72. The minimum atomic E-state index is -0.220. The summed E-state index contributed by atoms with van der Waals surface area (Å²) in [6.45, 7) is 0.650. The van der Waals surface area contributed by atoms with Gasteiger partial charge >= 0.3 is 0 Å². The Morgan fingerprint density at radius 1 is 1.29 bits per heavy atom. The highest BCUT2D eigenvalue weighted by molar-refractivity contribution is 5.20. The smallest absolute Gasteiger partial charge is 0.164 e. The van der Waals surface area contributed by atoms with Gasteiger partial charge in [0.2, 0.25) is 0 Å². The van der Waals surface area contributed by atoms with E-state index in [1.165, 1.54) is 12.1 Å². The van der Waals surface area contributed by atoms with E-state index in [9.17, 15) is 4.39 Å². The molecule has 4 nitrogen and oxygen atoms in total. The Kier molecular flexibility index (Phi) is 3.49. The van der Waals surface area contributed by atoms with Gasteiger partial charge in [-0.2, -0.15) is 5.10 Å². The van der Waals surface area contributed by atoms with Gasteiger partial charge in [-0.3, -0.25) is 4.68 Å². The number of aryl methyl sites for hydroxylation is 1. The minimum Gasteiger partial charge on any atom is -0.313 e. The topological polar surface area (TPSA) is 42.7 Å². The summed E-state index contributed by atoms with van der Waals surface area (Å²) in [6.07, 6.45) is 0.660. The Bertz CT molecular complexity index is 490. The van der Waals surface area contributed by atoms with Gasteiger partial charge < -0.3 is 5.32 Å². The Hall–Kier alpha value is -1.75. The molecule has 17 heavy (non-hydrogen) atoms. The van der Waals surface area contributed by atoms with E-state index in [4.69, 9.17) is 0 Å². The van der Waals surface area contributed by atoms with Crippen LogP contribution in [0.3, 0.4) is 0 Å². The standard InChI is InChI=1S/C12H15FN4/c1-14-8-11-15-12(17(2)16-11)7-9-3-5-10(13)6-4-9/h3-6,14H,7-8H2,1-2H3. The van der Waals surface area contributed by atoms with E-state index in [0.29, 0.717) is 13.0 Å². The van der Waals surface area contributed by atoms with Crippen molar-refractivity contribution in [3.63, 3.8) is 0 Å². The number of hydrogen-bond donors (Lipinski definition) is 1. The summed E-state index contributed by atoms with van der Waals surface area (Å²) in [5.74, 6) is 1.43. The Morgan fingerprint density at radius 3 is 2.65 bits per heavy atom. The van der Waals surface area contributed by atoms with Gasteiger partial charge in [0, 0.05) is 13.5 Å². The Morgan fingerprint density at radius 2 is 2.00 bits per heavy atom. The Balaban J connectivity index is 2.15. The highest BCUT2D eigenvalue weighted by atomic mass is 19.1. The first-order chi connectivity index (χ1) is 8.19. The van der Waals surface area contributed by atoms with Crippen molar-refractivity contribution in [1.29, 1.82) is 0 Å². The molecular weight excluding hydrogens is 219 g/mol. The molecule has 0 fully saturated rings. The highest BCUT2D eigenvalue weighted by Gasteiger charge is 2.07. The average Bonchev–Trinajstić information content (AvgIpc) is 2.63. The molecule has 0 aliphatic heterocycles. The summed E-state index contributed by atoms with van der Waals surface area (Å²) in [5.41, 5.74) is 1.03.